The smallest absolute Gasteiger partial charge is 0.319 e. The summed E-state index contributed by atoms with van der Waals surface area (Å²) in [6, 6.07) is -0.102. The zero-order chi connectivity index (χ0) is 12.1. The minimum absolute atomic E-state index is 0.0536. The van der Waals surface area contributed by atoms with Crippen molar-refractivity contribution in [2.24, 2.45) is 0 Å². The molecule has 1 heterocycles. The first kappa shape index (κ1) is 12.8. The molecule has 0 atom stereocenters. The summed E-state index contributed by atoms with van der Waals surface area (Å²) in [5, 5.41) is 0. The summed E-state index contributed by atoms with van der Waals surface area (Å²) in [5.74, 6) is 0.0536. The number of carbonyl (C=O) groups excluding carboxylic acids is 2. The monoisotopic (exact) mass is 227 g/mol. The van der Waals surface area contributed by atoms with Gasteiger partial charge in [0.25, 0.3) is 0 Å². The van der Waals surface area contributed by atoms with Gasteiger partial charge in [-0.2, -0.15) is 0 Å². The molecule has 1 fully saturated rings. The van der Waals surface area contributed by atoms with Gasteiger partial charge in [-0.05, 0) is 19.8 Å². The van der Waals surface area contributed by atoms with Crippen molar-refractivity contribution in [2.75, 3.05) is 40.3 Å². The largest absolute Gasteiger partial charge is 0.341 e. The molecule has 0 aromatic heterocycles. The average Bonchev–Trinajstić information content (AvgIpc) is 2.80. The molecule has 5 nitrogen and oxygen atoms in total. The molecule has 0 saturated carbocycles. The number of hydrogen-bond acceptors (Lipinski definition) is 2. The van der Waals surface area contributed by atoms with Gasteiger partial charge >= 0.3 is 6.03 Å². The third-order valence-electron chi connectivity index (χ3n) is 2.96. The van der Waals surface area contributed by atoms with Crippen LogP contribution in [0.4, 0.5) is 4.79 Å². The van der Waals surface area contributed by atoms with Crippen molar-refractivity contribution in [1.29, 1.82) is 0 Å². The first-order valence-electron chi connectivity index (χ1n) is 5.80. The highest BCUT2D eigenvalue weighted by Gasteiger charge is 2.21. The maximum absolute atomic E-state index is 11.8. The fraction of sp³-hybridized carbons (Fsp3) is 0.818. The van der Waals surface area contributed by atoms with Gasteiger partial charge in [-0.1, -0.05) is 0 Å². The molecule has 1 rings (SSSR count). The lowest BCUT2D eigenvalue weighted by Crippen LogP contribution is -2.44. The fourth-order valence-corrected chi connectivity index (χ4v) is 1.76. The number of likely N-dealkylation sites (N-methyl/N-ethyl adjacent to an activating group) is 1. The number of nitrogens with zero attached hydrogens (tertiary/aromatic N) is 3. The normalized spacial score (nSPS) is 15.1. The Labute approximate surface area is 97.0 Å². The SMILES string of the molecule is CCN(C)C(=O)N(C)CC(=O)N1CCCC1. The van der Waals surface area contributed by atoms with Crippen molar-refractivity contribution in [3.8, 4) is 0 Å². The average molecular weight is 227 g/mol. The minimum atomic E-state index is -0.102. The van der Waals surface area contributed by atoms with Crippen molar-refractivity contribution in [3.05, 3.63) is 0 Å². The summed E-state index contributed by atoms with van der Waals surface area (Å²) in [7, 11) is 3.40. The molecule has 5 heteroatoms. The number of hydrogen-bond donors (Lipinski definition) is 0. The first-order chi connectivity index (χ1) is 7.56. The highest BCUT2D eigenvalue weighted by molar-refractivity contribution is 5.84. The van der Waals surface area contributed by atoms with Crippen LogP contribution in [0, 0.1) is 0 Å². The first-order valence-corrected chi connectivity index (χ1v) is 5.80. The summed E-state index contributed by atoms with van der Waals surface area (Å²) < 4.78 is 0. The van der Waals surface area contributed by atoms with E-state index in [4.69, 9.17) is 0 Å². The second-order valence-electron chi connectivity index (χ2n) is 4.24. The number of urea groups is 1. The summed E-state index contributed by atoms with van der Waals surface area (Å²) in [6.45, 7) is 4.42. The van der Waals surface area contributed by atoms with Gasteiger partial charge in [0.1, 0.15) is 6.54 Å². The molecule has 0 N–H and O–H groups in total. The molecule has 0 bridgehead atoms. The molecule has 0 unspecified atom stereocenters. The Morgan fingerprint density at radius 3 is 2.19 bits per heavy atom. The molecule has 0 aromatic rings. The molecule has 3 amide bonds. The molecule has 0 aromatic carbocycles. The molecular weight excluding hydrogens is 206 g/mol. The van der Waals surface area contributed by atoms with Gasteiger partial charge in [0, 0.05) is 33.7 Å². The van der Waals surface area contributed by atoms with E-state index in [2.05, 4.69) is 0 Å². The van der Waals surface area contributed by atoms with Crippen LogP contribution in [-0.4, -0.2) is 66.9 Å². The van der Waals surface area contributed by atoms with Gasteiger partial charge in [0.05, 0.1) is 0 Å². The van der Waals surface area contributed by atoms with E-state index in [1.54, 1.807) is 19.0 Å². The quantitative estimate of drug-likeness (QED) is 0.709. The van der Waals surface area contributed by atoms with E-state index in [9.17, 15) is 9.59 Å². The maximum Gasteiger partial charge on any atom is 0.319 e. The van der Waals surface area contributed by atoms with E-state index in [0.29, 0.717) is 6.54 Å². The topological polar surface area (TPSA) is 43.9 Å². The number of likely N-dealkylation sites (tertiary alicyclic amines) is 1. The van der Waals surface area contributed by atoms with E-state index in [0.717, 1.165) is 25.9 Å². The predicted octanol–water partition coefficient (Wildman–Crippen LogP) is 0.612. The van der Waals surface area contributed by atoms with Crippen molar-refractivity contribution in [2.45, 2.75) is 19.8 Å². The van der Waals surface area contributed by atoms with Crippen LogP contribution < -0.4 is 0 Å². The van der Waals surface area contributed by atoms with Gasteiger partial charge in [-0.25, -0.2) is 4.79 Å². The van der Waals surface area contributed by atoms with Crippen LogP contribution >= 0.6 is 0 Å². The molecule has 0 aliphatic carbocycles. The van der Waals surface area contributed by atoms with Crippen LogP contribution in [0.3, 0.4) is 0 Å². The van der Waals surface area contributed by atoms with Gasteiger partial charge < -0.3 is 14.7 Å². The van der Waals surface area contributed by atoms with E-state index >= 15 is 0 Å². The molecule has 0 spiro atoms. The van der Waals surface area contributed by atoms with E-state index < -0.39 is 0 Å². The Bertz CT molecular complexity index is 262. The number of amides is 3. The van der Waals surface area contributed by atoms with Crippen LogP contribution in [0.5, 0.6) is 0 Å². The fourth-order valence-electron chi connectivity index (χ4n) is 1.76. The Hall–Kier alpha value is -1.26. The zero-order valence-electron chi connectivity index (χ0n) is 10.4. The second-order valence-corrected chi connectivity index (χ2v) is 4.24. The Morgan fingerprint density at radius 1 is 1.12 bits per heavy atom. The van der Waals surface area contributed by atoms with Gasteiger partial charge in [-0.15, -0.1) is 0 Å². The van der Waals surface area contributed by atoms with Crippen molar-refractivity contribution >= 4 is 11.9 Å². The predicted molar refractivity (Wildman–Crippen MR) is 62.1 cm³/mol. The van der Waals surface area contributed by atoms with Crippen LogP contribution in [0.2, 0.25) is 0 Å². The van der Waals surface area contributed by atoms with Gasteiger partial charge in [0.15, 0.2) is 0 Å². The van der Waals surface area contributed by atoms with E-state index in [1.807, 2.05) is 11.8 Å². The highest BCUT2D eigenvalue weighted by Crippen LogP contribution is 2.08. The summed E-state index contributed by atoms with van der Waals surface area (Å²) in [4.78, 5) is 28.4. The molecule has 1 aliphatic rings. The standard InChI is InChI=1S/C11H21N3O2/c1-4-12(2)11(16)13(3)9-10(15)14-7-5-6-8-14/h4-9H2,1-3H3. The molecule has 16 heavy (non-hydrogen) atoms. The van der Waals surface area contributed by atoms with Gasteiger partial charge in [0.2, 0.25) is 5.91 Å². The van der Waals surface area contributed by atoms with E-state index in [1.165, 1.54) is 4.90 Å². The lowest BCUT2D eigenvalue weighted by Gasteiger charge is -2.25. The zero-order valence-corrected chi connectivity index (χ0v) is 10.4. The Kier molecular flexibility index (Phi) is 4.58. The third kappa shape index (κ3) is 3.12. The van der Waals surface area contributed by atoms with Crippen LogP contribution in [0.15, 0.2) is 0 Å². The lowest BCUT2D eigenvalue weighted by atomic mass is 10.4. The Balaban J connectivity index is 2.40. The van der Waals surface area contributed by atoms with Crippen LogP contribution in [-0.2, 0) is 4.79 Å². The van der Waals surface area contributed by atoms with Crippen molar-refractivity contribution in [1.82, 2.24) is 14.7 Å². The summed E-state index contributed by atoms with van der Waals surface area (Å²) in [6.07, 6.45) is 2.16. The molecule has 0 radical (unpaired) electrons. The number of carbonyl (C=O) groups is 2. The van der Waals surface area contributed by atoms with Crippen molar-refractivity contribution < 1.29 is 9.59 Å². The second kappa shape index (κ2) is 5.72. The third-order valence-corrected chi connectivity index (χ3v) is 2.96. The van der Waals surface area contributed by atoms with Crippen LogP contribution in [0.25, 0.3) is 0 Å². The Morgan fingerprint density at radius 2 is 1.69 bits per heavy atom. The van der Waals surface area contributed by atoms with Crippen molar-refractivity contribution in [3.63, 3.8) is 0 Å². The van der Waals surface area contributed by atoms with Gasteiger partial charge in [-0.3, -0.25) is 4.79 Å². The molecule has 1 aliphatic heterocycles. The molecular formula is C11H21N3O2. The maximum atomic E-state index is 11.8. The van der Waals surface area contributed by atoms with E-state index in [-0.39, 0.29) is 18.5 Å². The summed E-state index contributed by atoms with van der Waals surface area (Å²) >= 11 is 0. The summed E-state index contributed by atoms with van der Waals surface area (Å²) in [5.41, 5.74) is 0. The number of rotatable bonds is 3. The molecule has 1 saturated heterocycles. The minimum Gasteiger partial charge on any atom is -0.341 e. The van der Waals surface area contributed by atoms with Crippen LogP contribution in [0.1, 0.15) is 19.8 Å². The lowest BCUT2D eigenvalue weighted by molar-refractivity contribution is -0.130. The highest BCUT2D eigenvalue weighted by atomic mass is 16.2. The molecule has 92 valence electrons.